The van der Waals surface area contributed by atoms with Crippen LogP contribution in [-0.2, 0) is 17.9 Å². The quantitative estimate of drug-likeness (QED) is 0.415. The Morgan fingerprint density at radius 2 is 1.89 bits per heavy atom. The Labute approximate surface area is 170 Å². The number of rotatable bonds is 10. The lowest BCUT2D eigenvalue weighted by Crippen LogP contribution is -2.33. The summed E-state index contributed by atoms with van der Waals surface area (Å²) in [6.07, 6.45) is 0. The third kappa shape index (κ3) is 5.93. The van der Waals surface area contributed by atoms with Gasteiger partial charge in [-0.3, -0.25) is 14.9 Å². The Hall–Kier alpha value is -2.65. The summed E-state index contributed by atoms with van der Waals surface area (Å²) in [7, 11) is 0. The van der Waals surface area contributed by atoms with Gasteiger partial charge in [-0.2, -0.15) is 0 Å². The summed E-state index contributed by atoms with van der Waals surface area (Å²) in [6.45, 7) is 4.43. The first-order chi connectivity index (χ1) is 13.3. The molecule has 0 saturated carbocycles. The van der Waals surface area contributed by atoms with Crippen LogP contribution in [0.25, 0.3) is 0 Å². The molecule has 2 aromatic rings. The molecule has 0 amide bonds. The van der Waals surface area contributed by atoms with Crippen molar-refractivity contribution >= 4 is 27.6 Å². The van der Waals surface area contributed by atoms with Crippen molar-refractivity contribution < 1.29 is 24.3 Å². The summed E-state index contributed by atoms with van der Waals surface area (Å²) in [5, 5.41) is 22.6. The number of nitrogens with one attached hydrogen (secondary N) is 1. The van der Waals surface area contributed by atoms with E-state index in [1.54, 1.807) is 31.2 Å². The molecule has 0 bridgehead atoms. The van der Waals surface area contributed by atoms with Gasteiger partial charge in [-0.25, -0.2) is 0 Å². The van der Waals surface area contributed by atoms with E-state index in [9.17, 15) is 14.9 Å². The maximum atomic E-state index is 11.0. The molecule has 2 rings (SSSR count). The molecule has 9 heteroatoms. The number of aliphatic carboxylic acids is 1. The second-order valence-electron chi connectivity index (χ2n) is 5.98. The van der Waals surface area contributed by atoms with Gasteiger partial charge in [-0.05, 0) is 49.2 Å². The van der Waals surface area contributed by atoms with Gasteiger partial charge in [0.2, 0.25) is 0 Å². The van der Waals surface area contributed by atoms with E-state index in [2.05, 4.69) is 21.2 Å². The summed E-state index contributed by atoms with van der Waals surface area (Å²) in [4.78, 5) is 21.2. The summed E-state index contributed by atoms with van der Waals surface area (Å²) >= 11 is 3.47. The molecule has 0 spiro atoms. The van der Waals surface area contributed by atoms with Crippen LogP contribution in [0.3, 0.4) is 0 Å². The number of carboxylic acid groups (broad SMARTS) is 1. The molecule has 1 unspecified atom stereocenters. The van der Waals surface area contributed by atoms with Crippen molar-refractivity contribution in [1.29, 1.82) is 0 Å². The van der Waals surface area contributed by atoms with Crippen LogP contribution >= 0.6 is 15.9 Å². The predicted molar refractivity (Wildman–Crippen MR) is 107 cm³/mol. The molecule has 0 aliphatic heterocycles. The first-order valence-electron chi connectivity index (χ1n) is 8.59. The lowest BCUT2D eigenvalue weighted by atomic mass is 10.2. The number of carboxylic acids is 1. The Balaban J connectivity index is 2.13. The zero-order valence-corrected chi connectivity index (χ0v) is 17.1. The van der Waals surface area contributed by atoms with Gasteiger partial charge in [0, 0.05) is 23.2 Å². The van der Waals surface area contributed by atoms with Crippen LogP contribution in [-0.4, -0.2) is 28.6 Å². The molecular formula is C19H21BrN2O6. The number of nitro groups is 1. The van der Waals surface area contributed by atoms with E-state index in [1.165, 1.54) is 12.1 Å². The third-order valence-electron chi connectivity index (χ3n) is 3.92. The van der Waals surface area contributed by atoms with Gasteiger partial charge >= 0.3 is 5.97 Å². The highest BCUT2D eigenvalue weighted by Crippen LogP contribution is 2.34. The Morgan fingerprint density at radius 3 is 2.46 bits per heavy atom. The highest BCUT2D eigenvalue weighted by atomic mass is 79.9. The Kier molecular flexibility index (Phi) is 7.77. The summed E-state index contributed by atoms with van der Waals surface area (Å²) in [5.41, 5.74) is 1.64. The summed E-state index contributed by atoms with van der Waals surface area (Å²) < 4.78 is 12.2. The zero-order valence-electron chi connectivity index (χ0n) is 15.5. The molecule has 150 valence electrons. The standard InChI is InChI=1S/C19H21BrN2O6/c1-3-27-17-8-14(10-21-12(2)19(23)24)16(20)9-18(17)28-11-13-4-6-15(7-5-13)22(25)26/h4-9,12,21H,3,10-11H2,1-2H3,(H,23,24). The fourth-order valence-electron chi connectivity index (χ4n) is 2.32. The van der Waals surface area contributed by atoms with Gasteiger partial charge in [-0.1, -0.05) is 15.9 Å². The fraction of sp³-hybridized carbons (Fsp3) is 0.316. The minimum atomic E-state index is -0.927. The van der Waals surface area contributed by atoms with Crippen molar-refractivity contribution in [2.24, 2.45) is 0 Å². The molecule has 0 fully saturated rings. The minimum absolute atomic E-state index is 0.0222. The van der Waals surface area contributed by atoms with E-state index < -0.39 is 16.9 Å². The SMILES string of the molecule is CCOc1cc(CNC(C)C(=O)O)c(Br)cc1OCc1ccc([N+](=O)[O-])cc1. The lowest BCUT2D eigenvalue weighted by molar-refractivity contribution is -0.384. The number of hydrogen-bond donors (Lipinski definition) is 2. The maximum Gasteiger partial charge on any atom is 0.320 e. The molecule has 1 atom stereocenters. The van der Waals surface area contributed by atoms with Gasteiger partial charge in [0.15, 0.2) is 11.5 Å². The molecule has 0 heterocycles. The number of benzene rings is 2. The van der Waals surface area contributed by atoms with Crippen molar-refractivity contribution in [3.8, 4) is 11.5 Å². The average molecular weight is 453 g/mol. The normalized spacial score (nSPS) is 11.7. The molecule has 0 aliphatic rings. The van der Waals surface area contributed by atoms with Crippen LogP contribution < -0.4 is 14.8 Å². The third-order valence-corrected chi connectivity index (χ3v) is 4.66. The molecule has 0 aliphatic carbocycles. The number of halogens is 1. The molecule has 0 saturated heterocycles. The predicted octanol–water partition coefficient (Wildman–Crippen LogP) is 3.90. The molecule has 8 nitrogen and oxygen atoms in total. The van der Waals surface area contributed by atoms with Crippen LogP contribution in [0.1, 0.15) is 25.0 Å². The molecule has 2 N–H and O–H groups in total. The van der Waals surface area contributed by atoms with Crippen molar-refractivity contribution in [2.75, 3.05) is 6.61 Å². The molecular weight excluding hydrogens is 432 g/mol. The van der Waals surface area contributed by atoms with Gasteiger partial charge in [0.05, 0.1) is 11.5 Å². The maximum absolute atomic E-state index is 11.0. The highest BCUT2D eigenvalue weighted by molar-refractivity contribution is 9.10. The zero-order chi connectivity index (χ0) is 20.7. The van der Waals surface area contributed by atoms with Crippen LogP contribution in [0.15, 0.2) is 40.9 Å². The van der Waals surface area contributed by atoms with Gasteiger partial charge in [-0.15, -0.1) is 0 Å². The van der Waals surface area contributed by atoms with Crippen molar-refractivity contribution in [3.05, 3.63) is 62.1 Å². The number of nitrogens with zero attached hydrogens (tertiary/aromatic N) is 1. The number of non-ortho nitro benzene ring substituents is 1. The fourth-order valence-corrected chi connectivity index (χ4v) is 2.78. The van der Waals surface area contributed by atoms with E-state index in [1.807, 2.05) is 6.92 Å². The van der Waals surface area contributed by atoms with E-state index in [0.29, 0.717) is 24.7 Å². The first kappa shape index (κ1) is 21.6. The van der Waals surface area contributed by atoms with Crippen molar-refractivity contribution in [1.82, 2.24) is 5.32 Å². The topological polar surface area (TPSA) is 111 Å². The molecule has 2 aromatic carbocycles. The lowest BCUT2D eigenvalue weighted by Gasteiger charge is -2.16. The van der Waals surface area contributed by atoms with Crippen LogP contribution in [0.5, 0.6) is 11.5 Å². The van der Waals surface area contributed by atoms with Crippen molar-refractivity contribution in [2.45, 2.75) is 33.0 Å². The monoisotopic (exact) mass is 452 g/mol. The Morgan fingerprint density at radius 1 is 1.25 bits per heavy atom. The van der Waals surface area contributed by atoms with E-state index in [-0.39, 0.29) is 12.3 Å². The van der Waals surface area contributed by atoms with E-state index >= 15 is 0 Å². The summed E-state index contributed by atoms with van der Waals surface area (Å²) in [5.74, 6) is 0.124. The first-order valence-corrected chi connectivity index (χ1v) is 9.38. The number of ether oxygens (including phenoxy) is 2. The number of nitro benzene ring substituents is 1. The smallest absolute Gasteiger partial charge is 0.320 e. The molecule has 0 aromatic heterocycles. The van der Waals surface area contributed by atoms with Crippen LogP contribution in [0.2, 0.25) is 0 Å². The van der Waals surface area contributed by atoms with Gasteiger partial charge < -0.3 is 19.9 Å². The second-order valence-corrected chi connectivity index (χ2v) is 6.83. The molecule has 0 radical (unpaired) electrons. The Bertz CT molecular complexity index is 841. The average Bonchev–Trinajstić information content (AvgIpc) is 2.66. The van der Waals surface area contributed by atoms with Crippen molar-refractivity contribution in [3.63, 3.8) is 0 Å². The van der Waals surface area contributed by atoms with Crippen LogP contribution in [0, 0.1) is 10.1 Å². The highest BCUT2D eigenvalue weighted by Gasteiger charge is 2.14. The van der Waals surface area contributed by atoms with E-state index in [0.717, 1.165) is 15.6 Å². The molecule has 28 heavy (non-hydrogen) atoms. The number of carbonyl (C=O) groups is 1. The number of hydrogen-bond acceptors (Lipinski definition) is 6. The van der Waals surface area contributed by atoms with Gasteiger partial charge in [0.1, 0.15) is 12.6 Å². The largest absolute Gasteiger partial charge is 0.490 e. The minimum Gasteiger partial charge on any atom is -0.490 e. The van der Waals surface area contributed by atoms with Crippen LogP contribution in [0.4, 0.5) is 5.69 Å². The van der Waals surface area contributed by atoms with Gasteiger partial charge in [0.25, 0.3) is 5.69 Å². The van der Waals surface area contributed by atoms with E-state index in [4.69, 9.17) is 14.6 Å². The second kappa shape index (κ2) is 10.0. The summed E-state index contributed by atoms with van der Waals surface area (Å²) in [6, 6.07) is 9.00.